The highest BCUT2D eigenvalue weighted by Crippen LogP contribution is 2.39. The average molecular weight is 757 g/mol. The van der Waals surface area contributed by atoms with E-state index < -0.39 is 6.04 Å². The Balaban J connectivity index is 0.987. The molecule has 0 N–H and O–H groups in total. The molecule has 59 heavy (non-hydrogen) atoms. The number of para-hydroxylation sites is 2. The van der Waals surface area contributed by atoms with Gasteiger partial charge in [0, 0.05) is 33.2 Å². The van der Waals surface area contributed by atoms with Crippen LogP contribution in [0.5, 0.6) is 0 Å². The minimum absolute atomic E-state index is 0.131. The summed E-state index contributed by atoms with van der Waals surface area (Å²) in [5.41, 5.74) is 12.7. The molecule has 2 aromatic heterocycles. The molecule has 0 unspecified atom stereocenters. The van der Waals surface area contributed by atoms with Gasteiger partial charge in [-0.1, -0.05) is 194 Å². The van der Waals surface area contributed by atoms with Gasteiger partial charge < -0.3 is 4.57 Å². The Labute approximate surface area is 350 Å². The van der Waals surface area contributed by atoms with Crippen LogP contribution in [0, 0.1) is 0 Å². The van der Waals surface area contributed by atoms with Crippen LogP contribution in [-0.2, 0) is 0 Å². The molecule has 9 aromatic carbocycles. The second-order valence-corrected chi connectivity index (χ2v) is 14.6. The molecule has 0 spiro atoms. The van der Waals surface area contributed by atoms with Crippen molar-refractivity contribution in [2.75, 3.05) is 0 Å². The van der Waals surface area contributed by atoms with E-state index in [2.05, 4.69) is 127 Å². The minimum atomic E-state index is -0.413. The Morgan fingerprint density at radius 3 is 1.58 bits per heavy atom. The van der Waals surface area contributed by atoms with E-state index in [1.54, 1.807) is 4.57 Å². The fourth-order valence-electron chi connectivity index (χ4n) is 8.28. The third-order valence-corrected chi connectivity index (χ3v) is 11.2. The van der Waals surface area contributed by atoms with Gasteiger partial charge in [-0.15, -0.1) is 0 Å². The summed E-state index contributed by atoms with van der Waals surface area (Å²) in [4.78, 5) is 10.3. The lowest BCUT2D eigenvalue weighted by Crippen LogP contribution is -1.97. The van der Waals surface area contributed by atoms with Crippen molar-refractivity contribution >= 4 is 32.6 Å². The van der Waals surface area contributed by atoms with E-state index in [-0.39, 0.29) is 29.9 Å². The number of fused-ring (bicyclic) bond motifs is 4. The molecule has 276 valence electrons. The standard InChI is InChI=1S/C56H37N3/c1-4-14-38(15-5-1)39-26-30-42(31-27-39)52-37-53(58-56(57-52)43-16-6-2-7-17-43)49-35-34-46(47-20-10-11-21-48(47)49)41-28-24-40(25-29-41)44-32-33-51-50-22-12-13-23-54(50)59(55(51)36-44)45-18-8-3-9-19-45/h1-37H/i3D,8D,9D,18D,19D. The van der Waals surface area contributed by atoms with E-state index in [0.717, 1.165) is 88.5 Å². The molecular formula is C56H37N3. The molecule has 3 nitrogen and oxygen atoms in total. The topological polar surface area (TPSA) is 30.7 Å². The average Bonchev–Trinajstić information content (AvgIpc) is 3.68. The molecule has 3 heteroatoms. The largest absolute Gasteiger partial charge is 0.309 e. The number of hydrogen-bond acceptors (Lipinski definition) is 2. The Kier molecular flexibility index (Phi) is 7.25. The summed E-state index contributed by atoms with van der Waals surface area (Å²) in [5.74, 6) is 0.663. The van der Waals surface area contributed by atoms with Crippen LogP contribution in [0.4, 0.5) is 0 Å². The Bertz CT molecular complexity index is 3560. The lowest BCUT2D eigenvalue weighted by molar-refractivity contribution is 1.18. The van der Waals surface area contributed by atoms with E-state index in [1.165, 1.54) is 5.56 Å². The van der Waals surface area contributed by atoms with Crippen LogP contribution in [0.1, 0.15) is 6.85 Å². The van der Waals surface area contributed by atoms with Crippen molar-refractivity contribution < 1.29 is 6.85 Å². The lowest BCUT2D eigenvalue weighted by atomic mass is 9.92. The summed E-state index contributed by atoms with van der Waals surface area (Å²) in [5, 5.41) is 4.06. The molecular weight excluding hydrogens is 715 g/mol. The normalized spacial score (nSPS) is 12.6. The summed E-state index contributed by atoms with van der Waals surface area (Å²) < 4.78 is 44.5. The number of aromatic nitrogens is 3. The van der Waals surface area contributed by atoms with Crippen LogP contribution in [0.25, 0.3) is 106 Å². The first-order valence-electron chi connectivity index (χ1n) is 22.2. The van der Waals surface area contributed by atoms with Gasteiger partial charge >= 0.3 is 0 Å². The molecule has 0 aliphatic rings. The SMILES string of the molecule is [2H]c1c([2H])c([2H])c(-n2c3ccccc3c3ccc(-c4ccc(-c5ccc(-c6cc(-c7ccc(-c8ccccc8)cc7)nc(-c7ccccc7)n6)c6ccccc56)cc4)cc32)c([2H])c1[2H]. The maximum Gasteiger partial charge on any atom is 0.160 e. The van der Waals surface area contributed by atoms with E-state index in [4.69, 9.17) is 16.8 Å². The van der Waals surface area contributed by atoms with Crippen molar-refractivity contribution in [2.45, 2.75) is 0 Å². The minimum Gasteiger partial charge on any atom is -0.309 e. The molecule has 0 aliphatic heterocycles. The van der Waals surface area contributed by atoms with Gasteiger partial charge in [-0.05, 0) is 74.4 Å². The number of nitrogens with zero attached hydrogens (tertiary/aromatic N) is 3. The molecule has 0 fully saturated rings. The maximum atomic E-state index is 8.83. The fourth-order valence-corrected chi connectivity index (χ4v) is 8.28. The quantitative estimate of drug-likeness (QED) is 0.162. The van der Waals surface area contributed by atoms with Crippen molar-refractivity contribution in [1.29, 1.82) is 0 Å². The van der Waals surface area contributed by atoms with E-state index in [0.29, 0.717) is 5.82 Å². The highest BCUT2D eigenvalue weighted by Gasteiger charge is 2.16. The third-order valence-electron chi connectivity index (χ3n) is 11.2. The summed E-state index contributed by atoms with van der Waals surface area (Å²) in [7, 11) is 0. The van der Waals surface area contributed by atoms with Gasteiger partial charge in [-0.25, -0.2) is 9.97 Å². The molecule has 0 aliphatic carbocycles. The maximum absolute atomic E-state index is 8.83. The molecule has 11 aromatic rings. The fraction of sp³-hybridized carbons (Fsp3) is 0. The van der Waals surface area contributed by atoms with Crippen LogP contribution < -0.4 is 0 Å². The highest BCUT2D eigenvalue weighted by atomic mass is 15.0. The molecule has 11 rings (SSSR count). The molecule has 2 heterocycles. The third kappa shape index (κ3) is 6.26. The predicted molar refractivity (Wildman–Crippen MR) is 246 cm³/mol. The van der Waals surface area contributed by atoms with Gasteiger partial charge in [0.15, 0.2) is 5.82 Å². The molecule has 0 amide bonds. The summed E-state index contributed by atoms with van der Waals surface area (Å²) >= 11 is 0. The molecule has 0 atom stereocenters. The van der Waals surface area contributed by atoms with Crippen molar-refractivity contribution in [3.05, 3.63) is 224 Å². The van der Waals surface area contributed by atoms with Crippen LogP contribution in [0.2, 0.25) is 0 Å². The molecule has 0 saturated carbocycles. The Morgan fingerprint density at radius 1 is 0.339 bits per heavy atom. The number of rotatable bonds is 7. The zero-order valence-electron chi connectivity index (χ0n) is 36.8. The van der Waals surface area contributed by atoms with Gasteiger partial charge in [-0.3, -0.25) is 0 Å². The molecule has 0 radical (unpaired) electrons. The molecule has 0 bridgehead atoms. The van der Waals surface area contributed by atoms with Crippen LogP contribution in [0.3, 0.4) is 0 Å². The van der Waals surface area contributed by atoms with Crippen LogP contribution in [0.15, 0.2) is 224 Å². The van der Waals surface area contributed by atoms with Crippen LogP contribution in [-0.4, -0.2) is 14.5 Å². The molecule has 0 saturated heterocycles. The second kappa shape index (κ2) is 14.6. The van der Waals surface area contributed by atoms with E-state index in [1.807, 2.05) is 66.7 Å². The first kappa shape index (κ1) is 29.4. The second-order valence-electron chi connectivity index (χ2n) is 14.6. The number of benzene rings is 9. The van der Waals surface area contributed by atoms with Crippen molar-refractivity contribution in [1.82, 2.24) is 14.5 Å². The van der Waals surface area contributed by atoms with Crippen molar-refractivity contribution in [3.63, 3.8) is 0 Å². The lowest BCUT2D eigenvalue weighted by Gasteiger charge is -2.14. The number of hydrogen-bond donors (Lipinski definition) is 0. The van der Waals surface area contributed by atoms with E-state index >= 15 is 0 Å². The summed E-state index contributed by atoms with van der Waals surface area (Å²) in [6, 6.07) is 64.8. The van der Waals surface area contributed by atoms with Gasteiger partial charge in [0.1, 0.15) is 0 Å². The van der Waals surface area contributed by atoms with Crippen molar-refractivity contribution in [2.24, 2.45) is 0 Å². The zero-order chi connectivity index (χ0) is 43.5. The highest BCUT2D eigenvalue weighted by molar-refractivity contribution is 6.10. The Hall–Kier alpha value is -7.88. The summed E-state index contributed by atoms with van der Waals surface area (Å²) in [6.07, 6.45) is 0. The van der Waals surface area contributed by atoms with E-state index in [9.17, 15) is 0 Å². The van der Waals surface area contributed by atoms with Gasteiger partial charge in [-0.2, -0.15) is 0 Å². The monoisotopic (exact) mass is 756 g/mol. The first-order valence-corrected chi connectivity index (χ1v) is 19.7. The van der Waals surface area contributed by atoms with Gasteiger partial charge in [0.05, 0.1) is 29.3 Å². The van der Waals surface area contributed by atoms with Gasteiger partial charge in [0.25, 0.3) is 0 Å². The van der Waals surface area contributed by atoms with Crippen molar-refractivity contribution in [3.8, 4) is 73.0 Å². The zero-order valence-corrected chi connectivity index (χ0v) is 31.8. The van der Waals surface area contributed by atoms with Crippen LogP contribution >= 0.6 is 0 Å². The summed E-state index contributed by atoms with van der Waals surface area (Å²) in [6.45, 7) is 0. The predicted octanol–water partition coefficient (Wildman–Crippen LogP) is 14.7. The van der Waals surface area contributed by atoms with Gasteiger partial charge in [0.2, 0.25) is 0 Å². The first-order chi connectivity index (χ1) is 31.3. The smallest absolute Gasteiger partial charge is 0.160 e. The Morgan fingerprint density at radius 2 is 0.847 bits per heavy atom.